The van der Waals surface area contributed by atoms with Gasteiger partial charge in [-0.15, -0.1) is 0 Å². The average molecular weight is 432 g/mol. The van der Waals surface area contributed by atoms with Crippen LogP contribution < -0.4 is 9.62 Å². The summed E-state index contributed by atoms with van der Waals surface area (Å²) in [7, 11) is -3.70. The van der Waals surface area contributed by atoms with Crippen LogP contribution in [-0.2, 0) is 26.2 Å². The molecule has 2 aromatic carbocycles. The summed E-state index contributed by atoms with van der Waals surface area (Å²) in [4.78, 5) is 27.1. The van der Waals surface area contributed by atoms with Crippen LogP contribution in [-0.4, -0.2) is 50.5 Å². The molecule has 8 heteroatoms. The van der Waals surface area contributed by atoms with Gasteiger partial charge in [-0.2, -0.15) is 0 Å². The Morgan fingerprint density at radius 1 is 1.07 bits per heavy atom. The maximum absolute atomic E-state index is 13.3. The maximum atomic E-state index is 13.3. The van der Waals surface area contributed by atoms with Gasteiger partial charge >= 0.3 is 0 Å². The Morgan fingerprint density at radius 2 is 1.73 bits per heavy atom. The normalized spacial score (nSPS) is 12.1. The topological polar surface area (TPSA) is 86.8 Å². The molecule has 0 spiro atoms. The van der Waals surface area contributed by atoms with E-state index in [1.807, 2.05) is 31.2 Å². The smallest absolute Gasteiger partial charge is 0.244 e. The average Bonchev–Trinajstić information content (AvgIpc) is 2.69. The SMILES string of the molecule is CCNC(=O)[C@H](C)N(Cc1cccc(C)c1)C(=O)CN(c1ccccc1)S(C)(=O)=O. The monoisotopic (exact) mass is 431 g/mol. The number of hydrogen-bond donors (Lipinski definition) is 1. The summed E-state index contributed by atoms with van der Waals surface area (Å²) in [5.74, 6) is -0.742. The number of nitrogens with one attached hydrogen (secondary N) is 1. The minimum atomic E-state index is -3.70. The Hall–Kier alpha value is -2.87. The fourth-order valence-electron chi connectivity index (χ4n) is 3.12. The number of sulfonamides is 1. The fraction of sp³-hybridized carbons (Fsp3) is 0.364. The number of para-hydroxylation sites is 1. The molecule has 2 rings (SSSR count). The molecule has 0 aliphatic carbocycles. The number of carbonyl (C=O) groups is 2. The molecule has 0 aliphatic rings. The summed E-state index contributed by atoms with van der Waals surface area (Å²) in [6, 6.07) is 15.3. The Balaban J connectivity index is 2.35. The molecule has 0 heterocycles. The van der Waals surface area contributed by atoms with E-state index in [4.69, 9.17) is 0 Å². The molecule has 0 aromatic heterocycles. The summed E-state index contributed by atoms with van der Waals surface area (Å²) in [6.07, 6.45) is 1.06. The third-order valence-corrected chi connectivity index (χ3v) is 5.82. The van der Waals surface area contributed by atoms with E-state index in [0.717, 1.165) is 21.7 Å². The van der Waals surface area contributed by atoms with Crippen molar-refractivity contribution in [3.8, 4) is 0 Å². The zero-order chi connectivity index (χ0) is 22.3. The summed E-state index contributed by atoms with van der Waals surface area (Å²) < 4.78 is 25.8. The van der Waals surface area contributed by atoms with Crippen LogP contribution in [0.4, 0.5) is 5.69 Å². The van der Waals surface area contributed by atoms with Crippen LogP contribution in [0.3, 0.4) is 0 Å². The highest BCUT2D eigenvalue weighted by atomic mass is 32.2. The number of benzene rings is 2. The number of amides is 2. The molecule has 30 heavy (non-hydrogen) atoms. The number of anilines is 1. The first kappa shape index (κ1) is 23.4. The van der Waals surface area contributed by atoms with Crippen molar-refractivity contribution in [2.45, 2.75) is 33.4 Å². The van der Waals surface area contributed by atoms with Gasteiger partial charge in [-0.05, 0) is 38.5 Å². The van der Waals surface area contributed by atoms with Crippen molar-refractivity contribution in [2.75, 3.05) is 23.7 Å². The number of nitrogens with zero attached hydrogens (tertiary/aromatic N) is 2. The van der Waals surface area contributed by atoms with E-state index >= 15 is 0 Å². The molecule has 0 fully saturated rings. The number of hydrogen-bond acceptors (Lipinski definition) is 4. The van der Waals surface area contributed by atoms with Gasteiger partial charge in [0.1, 0.15) is 12.6 Å². The van der Waals surface area contributed by atoms with E-state index in [1.165, 1.54) is 4.90 Å². The van der Waals surface area contributed by atoms with Gasteiger partial charge in [-0.3, -0.25) is 13.9 Å². The molecule has 0 radical (unpaired) electrons. The highest BCUT2D eigenvalue weighted by molar-refractivity contribution is 7.92. The Labute approximate surface area is 178 Å². The summed E-state index contributed by atoms with van der Waals surface area (Å²) in [5, 5.41) is 2.73. The number of carbonyl (C=O) groups excluding carboxylic acids is 2. The standard InChI is InChI=1S/C22H29N3O4S/c1-5-23-22(27)18(3)24(15-19-11-9-10-17(2)14-19)21(26)16-25(30(4,28)29)20-12-7-6-8-13-20/h6-14,18H,5,15-16H2,1-4H3,(H,23,27)/t18-/m0/s1. The molecule has 2 aromatic rings. The molecule has 1 N–H and O–H groups in total. The second-order valence-electron chi connectivity index (χ2n) is 7.19. The van der Waals surface area contributed by atoms with Crippen molar-refractivity contribution in [1.29, 1.82) is 0 Å². The molecule has 0 saturated heterocycles. The summed E-state index contributed by atoms with van der Waals surface area (Å²) >= 11 is 0. The summed E-state index contributed by atoms with van der Waals surface area (Å²) in [5.41, 5.74) is 2.30. The van der Waals surface area contributed by atoms with Crippen LogP contribution in [0.5, 0.6) is 0 Å². The lowest BCUT2D eigenvalue weighted by Crippen LogP contribution is -2.51. The van der Waals surface area contributed by atoms with Crippen molar-refractivity contribution >= 4 is 27.5 Å². The lowest BCUT2D eigenvalue weighted by molar-refractivity contribution is -0.139. The zero-order valence-electron chi connectivity index (χ0n) is 17.8. The predicted octanol–water partition coefficient (Wildman–Crippen LogP) is 2.31. The van der Waals surface area contributed by atoms with Gasteiger partial charge in [0.25, 0.3) is 0 Å². The zero-order valence-corrected chi connectivity index (χ0v) is 18.6. The van der Waals surface area contributed by atoms with Crippen molar-refractivity contribution in [3.63, 3.8) is 0 Å². The fourth-order valence-corrected chi connectivity index (χ4v) is 3.97. The molecule has 1 atom stereocenters. The van der Waals surface area contributed by atoms with Crippen LogP contribution in [0.25, 0.3) is 0 Å². The van der Waals surface area contributed by atoms with Crippen molar-refractivity contribution in [3.05, 3.63) is 65.7 Å². The second-order valence-corrected chi connectivity index (χ2v) is 9.09. The van der Waals surface area contributed by atoms with E-state index < -0.39 is 28.5 Å². The second kappa shape index (κ2) is 10.2. The molecule has 0 aliphatic heterocycles. The van der Waals surface area contributed by atoms with Crippen molar-refractivity contribution < 1.29 is 18.0 Å². The van der Waals surface area contributed by atoms with Crippen LogP contribution in [0.2, 0.25) is 0 Å². The largest absolute Gasteiger partial charge is 0.355 e. The first-order valence-electron chi connectivity index (χ1n) is 9.79. The molecule has 7 nitrogen and oxygen atoms in total. The molecule has 0 bridgehead atoms. The molecule has 0 saturated carbocycles. The van der Waals surface area contributed by atoms with E-state index in [2.05, 4.69) is 5.32 Å². The quantitative estimate of drug-likeness (QED) is 0.660. The number of aryl methyl sites for hydroxylation is 1. The molecule has 0 unspecified atom stereocenters. The molecular weight excluding hydrogens is 402 g/mol. The van der Waals surface area contributed by atoms with E-state index in [0.29, 0.717) is 12.2 Å². The molecule has 162 valence electrons. The van der Waals surface area contributed by atoms with Gasteiger partial charge in [-0.25, -0.2) is 8.42 Å². The molecular formula is C22H29N3O4S. The number of likely N-dealkylation sites (N-methyl/N-ethyl adjacent to an activating group) is 1. The summed E-state index contributed by atoms with van der Waals surface area (Å²) in [6.45, 7) is 5.65. The van der Waals surface area contributed by atoms with Gasteiger partial charge in [0, 0.05) is 13.1 Å². The lowest BCUT2D eigenvalue weighted by atomic mass is 10.1. The maximum Gasteiger partial charge on any atom is 0.244 e. The van der Waals surface area contributed by atoms with E-state index in [9.17, 15) is 18.0 Å². The Morgan fingerprint density at radius 3 is 2.30 bits per heavy atom. The van der Waals surface area contributed by atoms with Gasteiger partial charge < -0.3 is 10.2 Å². The van der Waals surface area contributed by atoms with Gasteiger partial charge in [0.2, 0.25) is 21.8 Å². The highest BCUT2D eigenvalue weighted by Gasteiger charge is 2.29. The van der Waals surface area contributed by atoms with Crippen molar-refractivity contribution in [2.24, 2.45) is 0 Å². The van der Waals surface area contributed by atoms with Crippen LogP contribution >= 0.6 is 0 Å². The van der Waals surface area contributed by atoms with E-state index in [-0.39, 0.29) is 12.5 Å². The third kappa shape index (κ3) is 6.32. The van der Waals surface area contributed by atoms with Crippen molar-refractivity contribution in [1.82, 2.24) is 10.2 Å². The molecule has 2 amide bonds. The predicted molar refractivity (Wildman–Crippen MR) is 119 cm³/mol. The Bertz CT molecular complexity index is 977. The minimum absolute atomic E-state index is 0.200. The first-order valence-corrected chi connectivity index (χ1v) is 11.6. The van der Waals surface area contributed by atoms with Gasteiger partial charge in [-0.1, -0.05) is 48.0 Å². The van der Waals surface area contributed by atoms with Crippen LogP contribution in [0, 0.1) is 6.92 Å². The lowest BCUT2D eigenvalue weighted by Gasteiger charge is -2.31. The van der Waals surface area contributed by atoms with Gasteiger partial charge in [0.15, 0.2) is 0 Å². The van der Waals surface area contributed by atoms with Crippen LogP contribution in [0.1, 0.15) is 25.0 Å². The van der Waals surface area contributed by atoms with E-state index in [1.54, 1.807) is 44.2 Å². The van der Waals surface area contributed by atoms with Crippen LogP contribution in [0.15, 0.2) is 54.6 Å². The van der Waals surface area contributed by atoms with Gasteiger partial charge in [0.05, 0.1) is 11.9 Å². The first-order chi connectivity index (χ1) is 14.1. The third-order valence-electron chi connectivity index (χ3n) is 4.68. The number of rotatable bonds is 9. The Kier molecular flexibility index (Phi) is 8.00. The minimum Gasteiger partial charge on any atom is -0.355 e. The highest BCUT2D eigenvalue weighted by Crippen LogP contribution is 2.18.